The Bertz CT molecular complexity index is 610. The highest BCUT2D eigenvalue weighted by molar-refractivity contribution is 5.85. The zero-order valence-corrected chi connectivity index (χ0v) is 17.3. The Labute approximate surface area is 168 Å². The minimum atomic E-state index is -0.382. The number of amides is 2. The van der Waals surface area contributed by atoms with Gasteiger partial charge in [0.25, 0.3) is 0 Å². The van der Waals surface area contributed by atoms with E-state index in [2.05, 4.69) is 10.6 Å². The van der Waals surface area contributed by atoms with Gasteiger partial charge in [-0.25, -0.2) is 0 Å². The van der Waals surface area contributed by atoms with Crippen molar-refractivity contribution in [2.45, 2.75) is 39.2 Å². The first kappa shape index (κ1) is 23.2. The molecule has 2 N–H and O–H groups in total. The number of likely N-dealkylation sites (tertiary alicyclic amines) is 1. The van der Waals surface area contributed by atoms with Crippen LogP contribution < -0.4 is 15.4 Å². The highest BCUT2D eigenvalue weighted by Crippen LogP contribution is 2.28. The van der Waals surface area contributed by atoms with Crippen LogP contribution in [0.3, 0.4) is 0 Å². The van der Waals surface area contributed by atoms with Crippen LogP contribution >= 0.6 is 12.4 Å². The highest BCUT2D eigenvalue weighted by Gasteiger charge is 2.27. The molecule has 0 aliphatic carbocycles. The van der Waals surface area contributed by atoms with Gasteiger partial charge < -0.3 is 20.3 Å². The smallest absolute Gasteiger partial charge is 0.225 e. The Hall–Kier alpha value is -1.79. The van der Waals surface area contributed by atoms with Crippen molar-refractivity contribution in [3.63, 3.8) is 0 Å². The van der Waals surface area contributed by atoms with Crippen LogP contribution in [0.2, 0.25) is 0 Å². The molecule has 1 heterocycles. The molecule has 6 nitrogen and oxygen atoms in total. The van der Waals surface area contributed by atoms with Crippen molar-refractivity contribution in [3.8, 4) is 5.75 Å². The number of rotatable bonds is 8. The number of hydrogen-bond acceptors (Lipinski definition) is 4. The Morgan fingerprint density at radius 3 is 2.74 bits per heavy atom. The van der Waals surface area contributed by atoms with Gasteiger partial charge in [0.15, 0.2) is 0 Å². The predicted octanol–water partition coefficient (Wildman–Crippen LogP) is 2.53. The lowest BCUT2D eigenvalue weighted by molar-refractivity contribution is -0.133. The van der Waals surface area contributed by atoms with E-state index < -0.39 is 0 Å². The van der Waals surface area contributed by atoms with E-state index in [4.69, 9.17) is 4.74 Å². The Morgan fingerprint density at radius 2 is 2.07 bits per heavy atom. The lowest BCUT2D eigenvalue weighted by Gasteiger charge is -2.34. The molecule has 152 valence electrons. The summed E-state index contributed by atoms with van der Waals surface area (Å²) in [6.45, 7) is 6.43. The first-order valence-corrected chi connectivity index (χ1v) is 9.46. The van der Waals surface area contributed by atoms with E-state index in [0.717, 1.165) is 38.0 Å². The van der Waals surface area contributed by atoms with Crippen LogP contribution in [-0.2, 0) is 9.59 Å². The summed E-state index contributed by atoms with van der Waals surface area (Å²) in [4.78, 5) is 26.5. The van der Waals surface area contributed by atoms with Gasteiger partial charge in [-0.05, 0) is 45.3 Å². The summed E-state index contributed by atoms with van der Waals surface area (Å²) in [5.74, 6) is 1.14. The molecule has 7 heteroatoms. The molecule has 1 aliphatic rings. The van der Waals surface area contributed by atoms with Crippen LogP contribution in [0.15, 0.2) is 24.3 Å². The van der Waals surface area contributed by atoms with Crippen molar-refractivity contribution in [1.29, 1.82) is 0 Å². The van der Waals surface area contributed by atoms with Gasteiger partial charge in [0.2, 0.25) is 11.8 Å². The second kappa shape index (κ2) is 11.8. The Balaban J connectivity index is 0.00000364. The monoisotopic (exact) mass is 397 g/mol. The number of ether oxygens (including phenoxy) is 1. The minimum Gasteiger partial charge on any atom is -0.494 e. The van der Waals surface area contributed by atoms with Crippen LogP contribution in [-0.4, -0.2) is 50.0 Å². The number of piperidine rings is 1. The number of hydrogen-bond donors (Lipinski definition) is 2. The first-order chi connectivity index (χ1) is 12.5. The van der Waals surface area contributed by atoms with E-state index in [0.29, 0.717) is 18.3 Å². The maximum absolute atomic E-state index is 12.9. The summed E-state index contributed by atoms with van der Waals surface area (Å²) in [7, 11) is 1.94. The maximum atomic E-state index is 12.9. The van der Waals surface area contributed by atoms with E-state index in [1.165, 1.54) is 6.92 Å². The van der Waals surface area contributed by atoms with Crippen LogP contribution in [0.25, 0.3) is 0 Å². The third-order valence-electron chi connectivity index (χ3n) is 4.72. The van der Waals surface area contributed by atoms with Crippen molar-refractivity contribution in [1.82, 2.24) is 15.5 Å². The highest BCUT2D eigenvalue weighted by atomic mass is 35.5. The SMILES string of the molecule is CCOc1ccccc1C(CC(=O)N1CCCC(CNC)C1)NC(C)=O.Cl. The van der Waals surface area contributed by atoms with Crippen LogP contribution in [0.1, 0.15) is 44.7 Å². The molecule has 0 spiro atoms. The number of carbonyl (C=O) groups is 2. The molecule has 1 fully saturated rings. The van der Waals surface area contributed by atoms with Gasteiger partial charge in [0.1, 0.15) is 5.75 Å². The molecule has 0 bridgehead atoms. The number of benzene rings is 1. The van der Waals surface area contributed by atoms with Gasteiger partial charge >= 0.3 is 0 Å². The second-order valence-electron chi connectivity index (χ2n) is 6.83. The van der Waals surface area contributed by atoms with Crippen molar-refractivity contribution in [2.24, 2.45) is 5.92 Å². The third-order valence-corrected chi connectivity index (χ3v) is 4.72. The quantitative estimate of drug-likeness (QED) is 0.707. The molecule has 27 heavy (non-hydrogen) atoms. The van der Waals surface area contributed by atoms with Crippen LogP contribution in [0, 0.1) is 5.92 Å². The molecule has 1 aliphatic heterocycles. The van der Waals surface area contributed by atoms with E-state index in [9.17, 15) is 9.59 Å². The van der Waals surface area contributed by atoms with Crippen LogP contribution in [0.5, 0.6) is 5.75 Å². The Morgan fingerprint density at radius 1 is 1.33 bits per heavy atom. The molecular formula is C20H32ClN3O3. The third kappa shape index (κ3) is 7.03. The molecule has 1 aromatic rings. The summed E-state index contributed by atoms with van der Waals surface area (Å²) in [5.41, 5.74) is 0.849. The van der Waals surface area contributed by atoms with Gasteiger partial charge in [-0.3, -0.25) is 9.59 Å². The van der Waals surface area contributed by atoms with Gasteiger partial charge in [-0.1, -0.05) is 18.2 Å². The number of nitrogens with one attached hydrogen (secondary N) is 2. The van der Waals surface area contributed by atoms with Gasteiger partial charge in [-0.15, -0.1) is 12.4 Å². The van der Waals surface area contributed by atoms with E-state index >= 15 is 0 Å². The topological polar surface area (TPSA) is 70.7 Å². The minimum absolute atomic E-state index is 0. The fourth-order valence-electron chi connectivity index (χ4n) is 3.59. The number of para-hydroxylation sites is 1. The van der Waals surface area contributed by atoms with Crippen LogP contribution in [0.4, 0.5) is 0 Å². The first-order valence-electron chi connectivity index (χ1n) is 9.46. The molecule has 1 saturated heterocycles. The molecular weight excluding hydrogens is 366 g/mol. The number of carbonyl (C=O) groups excluding carboxylic acids is 2. The van der Waals surface area contributed by atoms with E-state index in [1.807, 2.05) is 43.1 Å². The second-order valence-corrected chi connectivity index (χ2v) is 6.83. The standard InChI is InChI=1S/C20H31N3O3.ClH/c1-4-26-19-10-6-5-9-17(19)18(22-15(2)24)12-20(25)23-11-7-8-16(14-23)13-21-3;/h5-6,9-10,16,18,21H,4,7-8,11-14H2,1-3H3,(H,22,24);1H. The fourth-order valence-corrected chi connectivity index (χ4v) is 3.59. The molecule has 0 radical (unpaired) electrons. The van der Waals surface area contributed by atoms with Crippen molar-refractivity contribution in [2.75, 3.05) is 33.3 Å². The summed E-state index contributed by atoms with van der Waals surface area (Å²) in [6, 6.07) is 7.21. The molecule has 0 saturated carbocycles. The molecule has 0 aromatic heterocycles. The lowest BCUT2D eigenvalue weighted by atomic mass is 9.96. The Kier molecular flexibility index (Phi) is 10.2. The van der Waals surface area contributed by atoms with Gasteiger partial charge in [0.05, 0.1) is 19.1 Å². The molecule has 2 atom stereocenters. The van der Waals surface area contributed by atoms with Gasteiger partial charge in [0, 0.05) is 25.6 Å². The molecule has 2 rings (SSSR count). The summed E-state index contributed by atoms with van der Waals surface area (Å²) in [6.07, 6.45) is 2.42. The summed E-state index contributed by atoms with van der Waals surface area (Å²) in [5, 5.41) is 6.12. The maximum Gasteiger partial charge on any atom is 0.225 e. The average molecular weight is 398 g/mol. The molecule has 2 amide bonds. The normalized spacial score (nSPS) is 17.6. The predicted molar refractivity (Wildman–Crippen MR) is 109 cm³/mol. The summed E-state index contributed by atoms with van der Waals surface area (Å²) < 4.78 is 5.69. The van der Waals surface area contributed by atoms with E-state index in [1.54, 1.807) is 0 Å². The fraction of sp³-hybridized carbons (Fsp3) is 0.600. The van der Waals surface area contributed by atoms with Crippen molar-refractivity contribution < 1.29 is 14.3 Å². The number of halogens is 1. The van der Waals surface area contributed by atoms with Gasteiger partial charge in [-0.2, -0.15) is 0 Å². The lowest BCUT2D eigenvalue weighted by Crippen LogP contribution is -2.43. The molecule has 1 aromatic carbocycles. The van der Waals surface area contributed by atoms with Crippen molar-refractivity contribution in [3.05, 3.63) is 29.8 Å². The largest absolute Gasteiger partial charge is 0.494 e. The van der Waals surface area contributed by atoms with E-state index in [-0.39, 0.29) is 36.7 Å². The molecule has 2 unspecified atom stereocenters. The number of nitrogens with zero attached hydrogens (tertiary/aromatic N) is 1. The van der Waals surface area contributed by atoms with Crippen molar-refractivity contribution >= 4 is 24.2 Å². The zero-order chi connectivity index (χ0) is 18.9. The average Bonchev–Trinajstić information content (AvgIpc) is 2.62. The zero-order valence-electron chi connectivity index (χ0n) is 16.5. The summed E-state index contributed by atoms with van der Waals surface area (Å²) >= 11 is 0.